The quantitative estimate of drug-likeness (QED) is 0.679. The van der Waals surface area contributed by atoms with Gasteiger partial charge in [-0.2, -0.15) is 0 Å². The molecule has 1 N–H and O–H groups in total. The van der Waals surface area contributed by atoms with E-state index in [-0.39, 0.29) is 6.23 Å². The van der Waals surface area contributed by atoms with Gasteiger partial charge in [0.1, 0.15) is 6.23 Å². The minimum atomic E-state index is -0.300. The van der Waals surface area contributed by atoms with Crippen LogP contribution in [0.2, 0.25) is 0 Å². The Balaban J connectivity index is 2.56. The molecule has 0 bridgehead atoms. The van der Waals surface area contributed by atoms with E-state index in [1.807, 2.05) is 6.92 Å². The number of likely N-dealkylation sites (N-methyl/N-ethyl adjacent to an activating group) is 1. The number of nitrogens with zero attached hydrogens (tertiary/aromatic N) is 2. The molecule has 1 aliphatic heterocycles. The standard InChI is InChI=1S/C9H20N2O/c1-4-9-10(5-2)6-7-11(9)8(3)12/h8-9,12H,4-7H2,1-3H3. The van der Waals surface area contributed by atoms with E-state index in [0.29, 0.717) is 6.17 Å². The Kier molecular flexibility index (Phi) is 3.50. The van der Waals surface area contributed by atoms with Crippen LogP contribution in [0.25, 0.3) is 0 Å². The molecule has 2 atom stereocenters. The Labute approximate surface area is 75.0 Å². The first-order valence-electron chi connectivity index (χ1n) is 4.88. The monoisotopic (exact) mass is 172 g/mol. The van der Waals surface area contributed by atoms with Gasteiger partial charge in [0.25, 0.3) is 0 Å². The molecule has 0 aromatic carbocycles. The van der Waals surface area contributed by atoms with Crippen molar-refractivity contribution in [1.82, 2.24) is 9.80 Å². The normalized spacial score (nSPS) is 29.5. The molecule has 1 rings (SSSR count). The molecule has 0 spiro atoms. The van der Waals surface area contributed by atoms with Gasteiger partial charge in [0.2, 0.25) is 0 Å². The van der Waals surface area contributed by atoms with E-state index in [1.54, 1.807) is 0 Å². The van der Waals surface area contributed by atoms with Crippen LogP contribution in [0.3, 0.4) is 0 Å². The van der Waals surface area contributed by atoms with E-state index in [4.69, 9.17) is 0 Å². The second-order valence-electron chi connectivity index (χ2n) is 3.39. The number of hydrogen-bond donors (Lipinski definition) is 1. The average Bonchev–Trinajstić information content (AvgIpc) is 2.46. The maximum Gasteiger partial charge on any atom is 0.105 e. The Bertz CT molecular complexity index is 138. The first-order chi connectivity index (χ1) is 5.70. The highest BCUT2D eigenvalue weighted by Crippen LogP contribution is 2.18. The summed E-state index contributed by atoms with van der Waals surface area (Å²) in [5.74, 6) is 0. The van der Waals surface area contributed by atoms with Crippen molar-refractivity contribution in [2.75, 3.05) is 19.6 Å². The van der Waals surface area contributed by atoms with E-state index in [9.17, 15) is 5.11 Å². The molecule has 0 aliphatic carbocycles. The fourth-order valence-corrected chi connectivity index (χ4v) is 2.05. The summed E-state index contributed by atoms with van der Waals surface area (Å²) in [4.78, 5) is 4.57. The zero-order valence-electron chi connectivity index (χ0n) is 8.32. The van der Waals surface area contributed by atoms with Crippen molar-refractivity contribution >= 4 is 0 Å². The summed E-state index contributed by atoms with van der Waals surface area (Å²) < 4.78 is 0. The largest absolute Gasteiger partial charge is 0.379 e. The molecular formula is C9H20N2O. The first-order valence-corrected chi connectivity index (χ1v) is 4.88. The van der Waals surface area contributed by atoms with Crippen LogP contribution in [0.5, 0.6) is 0 Å². The Morgan fingerprint density at radius 2 is 2.08 bits per heavy atom. The molecule has 3 nitrogen and oxygen atoms in total. The summed E-state index contributed by atoms with van der Waals surface area (Å²) in [5.41, 5.74) is 0. The summed E-state index contributed by atoms with van der Waals surface area (Å²) in [5, 5.41) is 9.47. The highest BCUT2D eigenvalue weighted by Gasteiger charge is 2.31. The molecule has 0 saturated carbocycles. The van der Waals surface area contributed by atoms with Gasteiger partial charge < -0.3 is 5.11 Å². The smallest absolute Gasteiger partial charge is 0.105 e. The zero-order valence-corrected chi connectivity index (χ0v) is 8.32. The van der Waals surface area contributed by atoms with Gasteiger partial charge >= 0.3 is 0 Å². The number of rotatable bonds is 3. The minimum absolute atomic E-state index is 0.300. The average molecular weight is 172 g/mol. The molecule has 2 unspecified atom stereocenters. The number of aliphatic hydroxyl groups excluding tert-OH is 1. The van der Waals surface area contributed by atoms with Crippen LogP contribution in [0.4, 0.5) is 0 Å². The molecule has 0 amide bonds. The fourth-order valence-electron chi connectivity index (χ4n) is 2.05. The molecule has 72 valence electrons. The van der Waals surface area contributed by atoms with E-state index in [2.05, 4.69) is 23.6 Å². The van der Waals surface area contributed by atoms with Crippen molar-refractivity contribution < 1.29 is 5.11 Å². The van der Waals surface area contributed by atoms with Crippen LogP contribution in [0.1, 0.15) is 27.2 Å². The van der Waals surface area contributed by atoms with Gasteiger partial charge in [-0.3, -0.25) is 9.80 Å². The predicted octanol–water partition coefficient (Wildman–Crippen LogP) is 0.698. The van der Waals surface area contributed by atoms with Crippen LogP contribution >= 0.6 is 0 Å². The lowest BCUT2D eigenvalue weighted by molar-refractivity contribution is -0.0166. The molecule has 1 heterocycles. The van der Waals surface area contributed by atoms with Crippen LogP contribution in [0.15, 0.2) is 0 Å². The van der Waals surface area contributed by atoms with Gasteiger partial charge in [-0.25, -0.2) is 0 Å². The summed E-state index contributed by atoms with van der Waals surface area (Å²) in [6.07, 6.45) is 1.25. The lowest BCUT2D eigenvalue weighted by atomic mass is 10.3. The molecule has 0 aromatic rings. The van der Waals surface area contributed by atoms with Crippen LogP contribution in [-0.2, 0) is 0 Å². The third kappa shape index (κ3) is 1.79. The van der Waals surface area contributed by atoms with Crippen molar-refractivity contribution in [2.24, 2.45) is 0 Å². The van der Waals surface area contributed by atoms with E-state index < -0.39 is 0 Å². The molecule has 1 saturated heterocycles. The summed E-state index contributed by atoms with van der Waals surface area (Å²) in [7, 11) is 0. The molecule has 0 aromatic heterocycles. The first kappa shape index (κ1) is 9.96. The molecule has 1 fully saturated rings. The van der Waals surface area contributed by atoms with Gasteiger partial charge in [0.05, 0.1) is 6.17 Å². The highest BCUT2D eigenvalue weighted by molar-refractivity contribution is 4.80. The van der Waals surface area contributed by atoms with Gasteiger partial charge in [0, 0.05) is 13.1 Å². The Hall–Kier alpha value is -0.120. The van der Waals surface area contributed by atoms with Crippen molar-refractivity contribution in [2.45, 2.75) is 39.6 Å². The van der Waals surface area contributed by atoms with E-state index in [1.165, 1.54) is 0 Å². The molecule has 1 aliphatic rings. The van der Waals surface area contributed by atoms with Crippen LogP contribution in [-0.4, -0.2) is 46.9 Å². The lowest BCUT2D eigenvalue weighted by Gasteiger charge is -2.30. The third-order valence-corrected chi connectivity index (χ3v) is 2.70. The van der Waals surface area contributed by atoms with Crippen molar-refractivity contribution in [3.8, 4) is 0 Å². The summed E-state index contributed by atoms with van der Waals surface area (Å²) in [6, 6.07) is 0. The third-order valence-electron chi connectivity index (χ3n) is 2.70. The zero-order chi connectivity index (χ0) is 9.14. The van der Waals surface area contributed by atoms with Gasteiger partial charge in [-0.05, 0) is 19.9 Å². The predicted molar refractivity (Wildman–Crippen MR) is 49.7 cm³/mol. The molecule has 12 heavy (non-hydrogen) atoms. The molecule has 3 heteroatoms. The molecule has 0 radical (unpaired) electrons. The highest BCUT2D eigenvalue weighted by atomic mass is 16.3. The Morgan fingerprint density at radius 3 is 2.50 bits per heavy atom. The van der Waals surface area contributed by atoms with Crippen molar-refractivity contribution in [1.29, 1.82) is 0 Å². The second kappa shape index (κ2) is 4.21. The second-order valence-corrected chi connectivity index (χ2v) is 3.39. The topological polar surface area (TPSA) is 26.7 Å². The maximum absolute atomic E-state index is 9.47. The number of aliphatic hydroxyl groups is 1. The van der Waals surface area contributed by atoms with Crippen molar-refractivity contribution in [3.63, 3.8) is 0 Å². The van der Waals surface area contributed by atoms with Gasteiger partial charge in [0.15, 0.2) is 0 Å². The SMILES string of the molecule is CCC1N(CC)CCN1C(C)O. The van der Waals surface area contributed by atoms with Crippen molar-refractivity contribution in [3.05, 3.63) is 0 Å². The Morgan fingerprint density at radius 1 is 1.42 bits per heavy atom. The van der Waals surface area contributed by atoms with E-state index in [0.717, 1.165) is 26.1 Å². The molecular weight excluding hydrogens is 152 g/mol. The van der Waals surface area contributed by atoms with E-state index >= 15 is 0 Å². The summed E-state index contributed by atoms with van der Waals surface area (Å²) in [6.45, 7) is 9.38. The summed E-state index contributed by atoms with van der Waals surface area (Å²) >= 11 is 0. The maximum atomic E-state index is 9.47. The van der Waals surface area contributed by atoms with Crippen LogP contribution in [0, 0.1) is 0 Å². The number of hydrogen-bond acceptors (Lipinski definition) is 3. The van der Waals surface area contributed by atoms with Gasteiger partial charge in [-0.15, -0.1) is 0 Å². The lowest BCUT2D eigenvalue weighted by Crippen LogP contribution is -2.42. The van der Waals surface area contributed by atoms with Gasteiger partial charge in [-0.1, -0.05) is 13.8 Å². The van der Waals surface area contributed by atoms with Crippen LogP contribution < -0.4 is 0 Å². The minimum Gasteiger partial charge on any atom is -0.379 e. The fraction of sp³-hybridized carbons (Fsp3) is 1.00.